The average molecular weight is 277 g/mol. The minimum absolute atomic E-state index is 0.318. The van der Waals surface area contributed by atoms with Gasteiger partial charge >= 0.3 is 0 Å². The fourth-order valence-corrected chi connectivity index (χ4v) is 1.72. The molecule has 6 heteroatoms. The second kappa shape index (κ2) is 6.18. The van der Waals surface area contributed by atoms with Gasteiger partial charge in [0.05, 0.1) is 5.56 Å². The summed E-state index contributed by atoms with van der Waals surface area (Å²) in [6, 6.07) is 6.65. The van der Waals surface area contributed by atoms with Crippen molar-refractivity contribution in [1.82, 2.24) is 14.9 Å². The number of pyridine rings is 2. The van der Waals surface area contributed by atoms with Gasteiger partial charge in [0, 0.05) is 38.1 Å². The molecule has 0 saturated heterocycles. The second-order valence-electron chi connectivity index (χ2n) is 4.26. The number of hydrogen-bond donors (Lipinski definition) is 0. The number of rotatable bonds is 4. The lowest BCUT2D eigenvalue weighted by Crippen LogP contribution is -2.30. The Morgan fingerprint density at radius 2 is 2.00 bits per heavy atom. The van der Waals surface area contributed by atoms with E-state index in [9.17, 15) is 13.6 Å². The lowest BCUT2D eigenvalue weighted by Gasteiger charge is -2.17. The Labute approximate surface area is 115 Å². The lowest BCUT2D eigenvalue weighted by molar-refractivity contribution is 0.0790. The quantitative estimate of drug-likeness (QED) is 0.804. The maximum absolute atomic E-state index is 13.5. The second-order valence-corrected chi connectivity index (χ2v) is 4.26. The summed E-state index contributed by atoms with van der Waals surface area (Å²) in [6.45, 7) is 0.360. The highest BCUT2D eigenvalue weighted by atomic mass is 19.2. The van der Waals surface area contributed by atoms with Gasteiger partial charge in [0.1, 0.15) is 0 Å². The van der Waals surface area contributed by atoms with Crippen LogP contribution in [0.25, 0.3) is 0 Å². The Morgan fingerprint density at radius 1 is 1.20 bits per heavy atom. The molecule has 0 aromatic carbocycles. The summed E-state index contributed by atoms with van der Waals surface area (Å²) >= 11 is 0. The molecule has 20 heavy (non-hydrogen) atoms. The summed E-state index contributed by atoms with van der Waals surface area (Å²) in [7, 11) is 1.53. The maximum atomic E-state index is 13.5. The number of hydrogen-bond acceptors (Lipinski definition) is 3. The lowest BCUT2D eigenvalue weighted by atomic mass is 10.2. The summed E-state index contributed by atoms with van der Waals surface area (Å²) in [5.74, 6) is -3.07. The van der Waals surface area contributed by atoms with E-state index in [1.165, 1.54) is 11.9 Å². The zero-order chi connectivity index (χ0) is 14.5. The van der Waals surface area contributed by atoms with Gasteiger partial charge in [0.2, 0.25) is 5.95 Å². The molecule has 0 bridgehead atoms. The van der Waals surface area contributed by atoms with Crippen LogP contribution in [0.3, 0.4) is 0 Å². The first-order valence-corrected chi connectivity index (χ1v) is 6.05. The van der Waals surface area contributed by atoms with Crippen molar-refractivity contribution in [2.24, 2.45) is 0 Å². The number of halogens is 2. The summed E-state index contributed by atoms with van der Waals surface area (Å²) in [6.07, 6.45) is 3.27. The highest BCUT2D eigenvalue weighted by Gasteiger charge is 2.19. The molecule has 2 aromatic rings. The number of carbonyl (C=O) groups excluding carboxylic acids is 1. The normalized spacial score (nSPS) is 10.3. The van der Waals surface area contributed by atoms with Gasteiger partial charge in [-0.3, -0.25) is 9.78 Å². The van der Waals surface area contributed by atoms with E-state index < -0.39 is 17.7 Å². The van der Waals surface area contributed by atoms with Crippen LogP contribution in [0, 0.1) is 11.8 Å². The molecule has 0 fully saturated rings. The molecule has 0 N–H and O–H groups in total. The molecule has 4 nitrogen and oxygen atoms in total. The molecule has 104 valence electrons. The summed E-state index contributed by atoms with van der Waals surface area (Å²) < 4.78 is 26.5. The molecular weight excluding hydrogens is 264 g/mol. The zero-order valence-electron chi connectivity index (χ0n) is 10.9. The van der Waals surface area contributed by atoms with Crippen molar-refractivity contribution in [3.05, 3.63) is 59.7 Å². The monoisotopic (exact) mass is 277 g/mol. The Morgan fingerprint density at radius 3 is 2.70 bits per heavy atom. The van der Waals surface area contributed by atoms with Crippen LogP contribution in [0.15, 0.2) is 36.7 Å². The fourth-order valence-electron chi connectivity index (χ4n) is 1.72. The largest absolute Gasteiger partial charge is 0.341 e. The molecule has 0 unspecified atom stereocenters. The van der Waals surface area contributed by atoms with E-state index in [2.05, 4.69) is 9.97 Å². The van der Waals surface area contributed by atoms with Crippen molar-refractivity contribution in [3.8, 4) is 0 Å². The number of aromatic nitrogens is 2. The maximum Gasteiger partial charge on any atom is 0.256 e. The van der Waals surface area contributed by atoms with Crippen LogP contribution in [0.5, 0.6) is 0 Å². The van der Waals surface area contributed by atoms with Crippen LogP contribution in [-0.2, 0) is 6.42 Å². The summed E-state index contributed by atoms with van der Waals surface area (Å²) in [5, 5.41) is 0. The van der Waals surface area contributed by atoms with Gasteiger partial charge < -0.3 is 4.90 Å². The SMILES string of the molecule is CN(CCc1ccccn1)C(=O)c1ccnc(F)c1F. The topological polar surface area (TPSA) is 46.1 Å². The first kappa shape index (κ1) is 14.0. The molecule has 2 rings (SSSR count). The number of nitrogens with zero attached hydrogens (tertiary/aromatic N) is 3. The highest BCUT2D eigenvalue weighted by molar-refractivity contribution is 5.94. The van der Waals surface area contributed by atoms with Gasteiger partial charge in [-0.05, 0) is 18.2 Å². The Kier molecular flexibility index (Phi) is 4.34. The molecule has 0 saturated carbocycles. The van der Waals surface area contributed by atoms with Crippen molar-refractivity contribution < 1.29 is 13.6 Å². The van der Waals surface area contributed by atoms with Gasteiger partial charge in [0.15, 0.2) is 5.82 Å². The van der Waals surface area contributed by atoms with Crippen molar-refractivity contribution in [1.29, 1.82) is 0 Å². The van der Waals surface area contributed by atoms with Crippen LogP contribution >= 0.6 is 0 Å². The highest BCUT2D eigenvalue weighted by Crippen LogP contribution is 2.11. The molecular formula is C14H13F2N3O. The molecule has 0 aliphatic rings. The summed E-state index contributed by atoms with van der Waals surface area (Å²) in [4.78, 5) is 20.6. The third kappa shape index (κ3) is 3.14. The van der Waals surface area contributed by atoms with E-state index in [4.69, 9.17) is 0 Å². The van der Waals surface area contributed by atoms with Gasteiger partial charge in [-0.15, -0.1) is 0 Å². The standard InChI is InChI=1S/C14H13F2N3O/c1-19(9-6-10-4-2-3-7-17-10)14(20)11-5-8-18-13(16)12(11)15/h2-5,7-8H,6,9H2,1H3. The van der Waals surface area contributed by atoms with Crippen LogP contribution in [0.1, 0.15) is 16.1 Å². The predicted molar refractivity (Wildman–Crippen MR) is 69.1 cm³/mol. The first-order valence-electron chi connectivity index (χ1n) is 6.05. The van der Waals surface area contributed by atoms with E-state index in [0.717, 1.165) is 18.0 Å². The fraction of sp³-hybridized carbons (Fsp3) is 0.214. The number of amides is 1. The van der Waals surface area contributed by atoms with Crippen molar-refractivity contribution in [2.45, 2.75) is 6.42 Å². The first-order chi connectivity index (χ1) is 9.59. The van der Waals surface area contributed by atoms with Crippen LogP contribution in [0.4, 0.5) is 8.78 Å². The van der Waals surface area contributed by atoms with E-state index in [0.29, 0.717) is 13.0 Å². The smallest absolute Gasteiger partial charge is 0.256 e. The summed E-state index contributed by atoms with van der Waals surface area (Å²) in [5.41, 5.74) is 0.509. The van der Waals surface area contributed by atoms with Crippen molar-refractivity contribution in [2.75, 3.05) is 13.6 Å². The molecule has 0 radical (unpaired) electrons. The van der Waals surface area contributed by atoms with Crippen molar-refractivity contribution in [3.63, 3.8) is 0 Å². The Balaban J connectivity index is 2.04. The predicted octanol–water partition coefficient (Wildman–Crippen LogP) is 2.07. The molecule has 2 aromatic heterocycles. The van der Waals surface area contributed by atoms with Gasteiger partial charge in [-0.25, -0.2) is 9.37 Å². The minimum Gasteiger partial charge on any atom is -0.341 e. The Bertz CT molecular complexity index is 605. The van der Waals surface area contributed by atoms with Crippen LogP contribution in [0.2, 0.25) is 0 Å². The van der Waals surface area contributed by atoms with E-state index in [-0.39, 0.29) is 5.56 Å². The molecule has 0 atom stereocenters. The van der Waals surface area contributed by atoms with E-state index in [1.807, 2.05) is 12.1 Å². The third-order valence-electron chi connectivity index (χ3n) is 2.85. The molecule has 0 aliphatic heterocycles. The minimum atomic E-state index is -1.27. The van der Waals surface area contributed by atoms with Crippen LogP contribution < -0.4 is 0 Å². The number of carbonyl (C=O) groups is 1. The zero-order valence-corrected chi connectivity index (χ0v) is 10.9. The third-order valence-corrected chi connectivity index (χ3v) is 2.85. The van der Waals surface area contributed by atoms with Crippen LogP contribution in [-0.4, -0.2) is 34.4 Å². The average Bonchev–Trinajstić information content (AvgIpc) is 2.48. The molecule has 1 amide bonds. The van der Waals surface area contributed by atoms with Gasteiger partial charge in [0.25, 0.3) is 5.91 Å². The molecule has 2 heterocycles. The Hall–Kier alpha value is -2.37. The van der Waals surface area contributed by atoms with Crippen molar-refractivity contribution >= 4 is 5.91 Å². The van der Waals surface area contributed by atoms with E-state index >= 15 is 0 Å². The van der Waals surface area contributed by atoms with Gasteiger partial charge in [-0.1, -0.05) is 6.07 Å². The number of likely N-dealkylation sites (N-methyl/N-ethyl adjacent to an activating group) is 1. The molecule has 0 aliphatic carbocycles. The van der Waals surface area contributed by atoms with E-state index in [1.54, 1.807) is 12.3 Å². The van der Waals surface area contributed by atoms with Gasteiger partial charge in [-0.2, -0.15) is 4.39 Å². The molecule has 0 spiro atoms.